The summed E-state index contributed by atoms with van der Waals surface area (Å²) in [6.07, 6.45) is 4.95. The molecule has 0 spiro atoms. The van der Waals surface area contributed by atoms with Gasteiger partial charge in [0.2, 0.25) is 0 Å². The molecule has 0 aliphatic heterocycles. The molecule has 0 saturated heterocycles. The molecule has 0 saturated carbocycles. The Kier molecular flexibility index (Phi) is 2.82. The highest BCUT2D eigenvalue weighted by molar-refractivity contribution is 6.39. The molecule has 1 radical (unpaired) electrons. The van der Waals surface area contributed by atoms with Gasteiger partial charge in [0.25, 0.3) is 0 Å². The minimum absolute atomic E-state index is 0.600. The summed E-state index contributed by atoms with van der Waals surface area (Å²) in [6.45, 7) is 0. The molecule has 0 unspecified atom stereocenters. The van der Waals surface area contributed by atoms with Crippen molar-refractivity contribution in [3.63, 3.8) is 0 Å². The minimum Gasteiger partial charge on any atom is -0.551 e. The van der Waals surface area contributed by atoms with Crippen LogP contribution >= 0.6 is 0 Å². The smallest absolute Gasteiger partial charge is 0.471 e. The van der Waals surface area contributed by atoms with E-state index in [9.17, 15) is 0 Å². The summed E-state index contributed by atoms with van der Waals surface area (Å²) < 4.78 is 4.98. The molecule has 0 heterocycles. The van der Waals surface area contributed by atoms with Crippen molar-refractivity contribution in [2.24, 2.45) is 0 Å². The van der Waals surface area contributed by atoms with Crippen LogP contribution in [0.1, 0.15) is 5.56 Å². The standard InChI is InChI=1S/C9H5BNO/c1-2-10-12-9-5-3-8(7-11)4-6-9/h1,3-6H. The molecule has 0 bridgehead atoms. The zero-order valence-corrected chi connectivity index (χ0v) is 6.32. The van der Waals surface area contributed by atoms with Gasteiger partial charge in [-0.25, -0.2) is 0 Å². The third-order valence-corrected chi connectivity index (χ3v) is 1.25. The summed E-state index contributed by atoms with van der Waals surface area (Å²) in [7, 11) is 1.25. The van der Waals surface area contributed by atoms with Gasteiger partial charge in [-0.05, 0) is 24.3 Å². The fourth-order valence-corrected chi connectivity index (χ4v) is 0.710. The molecule has 1 aromatic rings. The number of hydrogen-bond donors (Lipinski definition) is 0. The van der Waals surface area contributed by atoms with E-state index in [1.54, 1.807) is 24.3 Å². The van der Waals surface area contributed by atoms with Crippen LogP contribution in [-0.2, 0) is 0 Å². The van der Waals surface area contributed by atoms with Crippen molar-refractivity contribution in [1.82, 2.24) is 0 Å². The first-order valence-corrected chi connectivity index (χ1v) is 3.31. The first kappa shape index (κ1) is 8.23. The van der Waals surface area contributed by atoms with Gasteiger partial charge in [0, 0.05) is 0 Å². The molecule has 0 amide bonds. The monoisotopic (exact) mass is 154 g/mol. The Hall–Kier alpha value is -1.87. The Labute approximate surface area is 72.1 Å². The number of nitrogens with zero attached hydrogens (tertiary/aromatic N) is 1. The average molecular weight is 154 g/mol. The highest BCUT2D eigenvalue weighted by atomic mass is 16.4. The van der Waals surface area contributed by atoms with Crippen molar-refractivity contribution in [3.05, 3.63) is 29.8 Å². The molecule has 3 heteroatoms. The Bertz CT molecular complexity index is 331. The van der Waals surface area contributed by atoms with Gasteiger partial charge in [-0.1, -0.05) is 0 Å². The van der Waals surface area contributed by atoms with Crippen LogP contribution < -0.4 is 4.65 Å². The van der Waals surface area contributed by atoms with E-state index in [1.165, 1.54) is 7.48 Å². The van der Waals surface area contributed by atoms with Gasteiger partial charge in [-0.3, -0.25) is 0 Å². The predicted octanol–water partition coefficient (Wildman–Crippen LogP) is 1.15. The van der Waals surface area contributed by atoms with Crippen molar-refractivity contribution in [2.75, 3.05) is 0 Å². The summed E-state index contributed by atoms with van der Waals surface area (Å²) in [5.74, 6) is 2.86. The van der Waals surface area contributed by atoms with E-state index in [1.807, 2.05) is 6.07 Å². The fraction of sp³-hybridized carbons (Fsp3) is 0. The number of hydrogen-bond acceptors (Lipinski definition) is 2. The first-order valence-electron chi connectivity index (χ1n) is 3.31. The highest BCUT2D eigenvalue weighted by Crippen LogP contribution is 2.10. The number of benzene rings is 1. The van der Waals surface area contributed by atoms with Crippen LogP contribution in [0.2, 0.25) is 0 Å². The zero-order valence-electron chi connectivity index (χ0n) is 6.32. The molecule has 0 aliphatic rings. The summed E-state index contributed by atoms with van der Waals surface area (Å²) in [6, 6.07) is 8.71. The number of nitriles is 1. The molecule has 0 N–H and O–H groups in total. The SMILES string of the molecule is C#C[B]Oc1ccc(C#N)cc1. The van der Waals surface area contributed by atoms with Crippen molar-refractivity contribution >= 4 is 7.48 Å². The molecule has 2 nitrogen and oxygen atoms in total. The topological polar surface area (TPSA) is 33.0 Å². The first-order chi connectivity index (χ1) is 5.86. The van der Waals surface area contributed by atoms with E-state index < -0.39 is 0 Å². The maximum Gasteiger partial charge on any atom is 0.471 e. The lowest BCUT2D eigenvalue weighted by atomic mass is 10.0. The third-order valence-electron chi connectivity index (χ3n) is 1.25. The summed E-state index contributed by atoms with van der Waals surface area (Å²) in [5.41, 5.74) is 0.600. The molecule has 1 aromatic carbocycles. The molecule has 1 rings (SSSR count). The van der Waals surface area contributed by atoms with Gasteiger partial charge in [0.1, 0.15) is 0 Å². The molecule has 0 aromatic heterocycles. The van der Waals surface area contributed by atoms with E-state index >= 15 is 0 Å². The molecule has 0 aliphatic carbocycles. The van der Waals surface area contributed by atoms with E-state index in [2.05, 4.69) is 5.82 Å². The van der Waals surface area contributed by atoms with Crippen molar-refractivity contribution < 1.29 is 4.65 Å². The van der Waals surface area contributed by atoms with Crippen LogP contribution in [0, 0.1) is 23.6 Å². The normalized spacial score (nSPS) is 7.83. The lowest BCUT2D eigenvalue weighted by Crippen LogP contribution is -1.97. The van der Waals surface area contributed by atoms with Gasteiger partial charge in [-0.2, -0.15) is 5.26 Å². The lowest BCUT2D eigenvalue weighted by molar-refractivity contribution is 0.606. The quantitative estimate of drug-likeness (QED) is 0.472. The van der Waals surface area contributed by atoms with E-state index in [0.717, 1.165) is 0 Å². The maximum absolute atomic E-state index is 8.47. The Morgan fingerprint density at radius 1 is 1.33 bits per heavy atom. The second-order valence-corrected chi connectivity index (χ2v) is 2.04. The Morgan fingerprint density at radius 2 is 2.00 bits per heavy atom. The van der Waals surface area contributed by atoms with Gasteiger partial charge in [-0.15, -0.1) is 12.2 Å². The highest BCUT2D eigenvalue weighted by Gasteiger charge is 1.93. The van der Waals surface area contributed by atoms with E-state index in [-0.39, 0.29) is 0 Å². The largest absolute Gasteiger partial charge is 0.551 e. The molecule has 12 heavy (non-hydrogen) atoms. The molecular weight excluding hydrogens is 149 g/mol. The number of rotatable bonds is 2. The maximum atomic E-state index is 8.47. The van der Waals surface area contributed by atoms with Crippen LogP contribution in [0.25, 0.3) is 0 Å². The summed E-state index contributed by atoms with van der Waals surface area (Å²) in [4.78, 5) is 0. The van der Waals surface area contributed by atoms with Crippen molar-refractivity contribution in [2.45, 2.75) is 0 Å². The second-order valence-electron chi connectivity index (χ2n) is 2.04. The number of terminal acetylenes is 1. The minimum atomic E-state index is 0.600. The predicted molar refractivity (Wildman–Crippen MR) is 46.4 cm³/mol. The van der Waals surface area contributed by atoms with Crippen molar-refractivity contribution in [3.8, 4) is 24.1 Å². The molecule has 0 fully saturated rings. The average Bonchev–Trinajstić information content (AvgIpc) is 2.15. The van der Waals surface area contributed by atoms with Crippen LogP contribution in [-0.4, -0.2) is 7.48 Å². The van der Waals surface area contributed by atoms with Gasteiger partial charge >= 0.3 is 7.48 Å². The summed E-state index contributed by atoms with van der Waals surface area (Å²) >= 11 is 0. The third kappa shape index (κ3) is 2.07. The summed E-state index contributed by atoms with van der Waals surface area (Å²) in [5, 5.41) is 8.47. The lowest BCUT2D eigenvalue weighted by Gasteiger charge is -1.99. The van der Waals surface area contributed by atoms with E-state index in [0.29, 0.717) is 11.3 Å². The van der Waals surface area contributed by atoms with E-state index in [4.69, 9.17) is 16.3 Å². The van der Waals surface area contributed by atoms with Crippen LogP contribution in [0.15, 0.2) is 24.3 Å². The fourth-order valence-electron chi connectivity index (χ4n) is 0.710. The van der Waals surface area contributed by atoms with Crippen LogP contribution in [0.3, 0.4) is 0 Å². The second kappa shape index (κ2) is 4.11. The zero-order chi connectivity index (χ0) is 8.81. The van der Waals surface area contributed by atoms with Crippen LogP contribution in [0.4, 0.5) is 0 Å². The van der Waals surface area contributed by atoms with Crippen LogP contribution in [0.5, 0.6) is 5.75 Å². The van der Waals surface area contributed by atoms with Gasteiger partial charge in [0.15, 0.2) is 0 Å². The van der Waals surface area contributed by atoms with Gasteiger partial charge < -0.3 is 4.65 Å². The molecule has 55 valence electrons. The van der Waals surface area contributed by atoms with Crippen molar-refractivity contribution in [1.29, 1.82) is 5.26 Å². The Morgan fingerprint density at radius 3 is 2.50 bits per heavy atom. The molecular formula is C9H5BNO. The van der Waals surface area contributed by atoms with Gasteiger partial charge in [0.05, 0.1) is 17.4 Å². The Balaban J connectivity index is 2.68. The molecule has 0 atom stereocenters.